The van der Waals surface area contributed by atoms with Crippen LogP contribution in [0.3, 0.4) is 0 Å². The highest BCUT2D eigenvalue weighted by Gasteiger charge is 2.25. The summed E-state index contributed by atoms with van der Waals surface area (Å²) in [5.74, 6) is -5.46. The van der Waals surface area contributed by atoms with Crippen molar-refractivity contribution in [1.29, 1.82) is 0 Å². The fourth-order valence-corrected chi connectivity index (χ4v) is 1.90. The number of hydrogen-bond acceptors (Lipinski definition) is 9. The molecule has 0 bridgehead atoms. The van der Waals surface area contributed by atoms with Gasteiger partial charge in [-0.3, -0.25) is 24.0 Å². The van der Waals surface area contributed by atoms with Crippen molar-refractivity contribution in [2.75, 3.05) is 26.3 Å². The quantitative estimate of drug-likeness (QED) is 0.129. The summed E-state index contributed by atoms with van der Waals surface area (Å²) in [7, 11) is 0. The maximum Gasteiger partial charge on any atom is 0.328 e. The number of nitrogens with one attached hydrogen (secondary N) is 5. The summed E-state index contributed by atoms with van der Waals surface area (Å²) in [5.41, 5.74) is 5.33. The molecule has 0 aromatic rings. The van der Waals surface area contributed by atoms with Gasteiger partial charge >= 0.3 is 5.97 Å². The lowest BCUT2D eigenvalue weighted by Gasteiger charge is -2.20. The molecule has 31 heavy (non-hydrogen) atoms. The first-order valence-corrected chi connectivity index (χ1v) is 9.07. The van der Waals surface area contributed by atoms with E-state index < -0.39 is 86.0 Å². The third-order valence-electron chi connectivity index (χ3n) is 3.66. The molecule has 15 heteroatoms. The van der Waals surface area contributed by atoms with Gasteiger partial charge < -0.3 is 47.6 Å². The first kappa shape index (κ1) is 27.7. The fourth-order valence-electron chi connectivity index (χ4n) is 1.90. The fraction of sp³-hybridized carbons (Fsp3) is 0.625. The second-order valence-electron chi connectivity index (χ2n) is 6.40. The summed E-state index contributed by atoms with van der Waals surface area (Å²) in [4.78, 5) is 69.5. The Balaban J connectivity index is 4.55. The van der Waals surface area contributed by atoms with E-state index in [1.165, 1.54) is 13.8 Å². The highest BCUT2D eigenvalue weighted by Crippen LogP contribution is 1.89. The molecule has 0 heterocycles. The van der Waals surface area contributed by atoms with Gasteiger partial charge in [0.1, 0.15) is 18.1 Å². The van der Waals surface area contributed by atoms with Crippen LogP contribution in [0.1, 0.15) is 13.8 Å². The Hall–Kier alpha value is -3.30. The molecule has 0 fully saturated rings. The highest BCUT2D eigenvalue weighted by molar-refractivity contribution is 5.94. The van der Waals surface area contributed by atoms with Gasteiger partial charge in [0, 0.05) is 0 Å². The van der Waals surface area contributed by atoms with Crippen molar-refractivity contribution in [3.05, 3.63) is 0 Å². The molecule has 0 aromatic carbocycles. The summed E-state index contributed by atoms with van der Waals surface area (Å²) >= 11 is 0. The van der Waals surface area contributed by atoms with Gasteiger partial charge in [0.05, 0.1) is 32.3 Å². The summed E-state index contributed by atoms with van der Waals surface area (Å²) in [5, 5.41) is 37.6. The van der Waals surface area contributed by atoms with E-state index in [0.717, 1.165) is 0 Å². The smallest absolute Gasteiger partial charge is 0.328 e. The normalized spacial score (nSPS) is 14.2. The maximum absolute atomic E-state index is 12.1. The van der Waals surface area contributed by atoms with Crippen LogP contribution in [0.4, 0.5) is 0 Å². The Bertz CT molecular complexity index is 684. The summed E-state index contributed by atoms with van der Waals surface area (Å²) in [6, 6.07) is -4.98. The van der Waals surface area contributed by atoms with Gasteiger partial charge in [-0.05, 0) is 13.8 Å². The monoisotopic (exact) mass is 448 g/mol. The van der Waals surface area contributed by atoms with Gasteiger partial charge in [0.15, 0.2) is 0 Å². The van der Waals surface area contributed by atoms with Crippen LogP contribution in [0.15, 0.2) is 0 Å². The number of carboxylic acid groups (broad SMARTS) is 1. The molecule has 0 saturated heterocycles. The minimum atomic E-state index is -1.56. The van der Waals surface area contributed by atoms with Crippen LogP contribution in [0, 0.1) is 0 Å². The molecule has 5 amide bonds. The van der Waals surface area contributed by atoms with Gasteiger partial charge in [0.25, 0.3) is 0 Å². The van der Waals surface area contributed by atoms with E-state index in [-0.39, 0.29) is 0 Å². The first-order valence-electron chi connectivity index (χ1n) is 9.07. The topological polar surface area (TPSA) is 249 Å². The molecular weight excluding hydrogens is 420 g/mol. The van der Waals surface area contributed by atoms with Crippen LogP contribution in [0.2, 0.25) is 0 Å². The number of rotatable bonds is 13. The third-order valence-corrected chi connectivity index (χ3v) is 3.66. The first-order chi connectivity index (χ1) is 14.4. The molecule has 0 aromatic heterocycles. The lowest BCUT2D eigenvalue weighted by Crippen LogP contribution is -2.56. The van der Waals surface area contributed by atoms with E-state index in [9.17, 15) is 33.9 Å². The van der Waals surface area contributed by atoms with Crippen LogP contribution in [0.5, 0.6) is 0 Å². The van der Waals surface area contributed by atoms with Crippen LogP contribution in [-0.4, -0.2) is 101 Å². The van der Waals surface area contributed by atoms with E-state index in [4.69, 9.17) is 15.9 Å². The molecule has 4 unspecified atom stereocenters. The predicted octanol–water partition coefficient (Wildman–Crippen LogP) is -5.89. The van der Waals surface area contributed by atoms with Crippen LogP contribution >= 0.6 is 0 Å². The van der Waals surface area contributed by atoms with Crippen molar-refractivity contribution in [2.24, 2.45) is 5.73 Å². The van der Waals surface area contributed by atoms with Crippen LogP contribution < -0.4 is 32.3 Å². The number of carboxylic acids is 1. The van der Waals surface area contributed by atoms with Crippen molar-refractivity contribution in [3.8, 4) is 0 Å². The van der Waals surface area contributed by atoms with Crippen molar-refractivity contribution >= 4 is 35.5 Å². The second kappa shape index (κ2) is 13.8. The Morgan fingerprint density at radius 2 is 1.23 bits per heavy atom. The van der Waals surface area contributed by atoms with Crippen molar-refractivity contribution in [3.63, 3.8) is 0 Å². The minimum Gasteiger partial charge on any atom is -0.480 e. The maximum atomic E-state index is 12.1. The summed E-state index contributed by atoms with van der Waals surface area (Å²) in [6.07, 6.45) is 0. The van der Waals surface area contributed by atoms with E-state index in [0.29, 0.717) is 0 Å². The number of hydrogen-bond donors (Lipinski definition) is 9. The number of carbonyl (C=O) groups is 6. The zero-order valence-electron chi connectivity index (χ0n) is 17.0. The number of nitrogens with two attached hydrogens (primary N) is 1. The number of aliphatic hydroxyl groups is 2. The lowest BCUT2D eigenvalue weighted by atomic mass is 10.2. The van der Waals surface area contributed by atoms with Gasteiger partial charge in [-0.1, -0.05) is 0 Å². The third kappa shape index (κ3) is 10.9. The molecule has 0 spiro atoms. The standard InChI is InChI=1S/C16H28N6O9/c1-7(17)13(27)18-3-11(25)20-8(2)14(28)22-9(5-23)15(29)19-4-12(26)21-10(6-24)16(30)31/h7-10,23-24H,3-6,17H2,1-2H3,(H,18,27)(H,19,29)(H,20,25)(H,21,26)(H,22,28)(H,30,31). The molecule has 176 valence electrons. The largest absolute Gasteiger partial charge is 0.480 e. The van der Waals surface area contributed by atoms with E-state index >= 15 is 0 Å². The molecule has 0 rings (SSSR count). The zero-order valence-corrected chi connectivity index (χ0v) is 17.0. The average Bonchev–Trinajstić information content (AvgIpc) is 2.71. The Labute approximate surface area is 177 Å². The average molecular weight is 448 g/mol. The molecule has 4 atom stereocenters. The zero-order chi connectivity index (χ0) is 24.1. The molecule has 10 N–H and O–H groups in total. The van der Waals surface area contributed by atoms with Crippen molar-refractivity contribution < 1.29 is 44.1 Å². The SMILES string of the molecule is CC(N)C(=O)NCC(=O)NC(C)C(=O)NC(CO)C(=O)NCC(=O)NC(CO)C(=O)O. The Morgan fingerprint density at radius 3 is 1.68 bits per heavy atom. The summed E-state index contributed by atoms with van der Waals surface area (Å²) in [6.45, 7) is -0.0875. The number of amides is 5. The summed E-state index contributed by atoms with van der Waals surface area (Å²) < 4.78 is 0. The van der Waals surface area contributed by atoms with E-state index in [2.05, 4.69) is 21.3 Å². The van der Waals surface area contributed by atoms with Crippen molar-refractivity contribution in [2.45, 2.75) is 38.0 Å². The van der Waals surface area contributed by atoms with Crippen LogP contribution in [-0.2, 0) is 28.8 Å². The Morgan fingerprint density at radius 1 is 0.742 bits per heavy atom. The van der Waals surface area contributed by atoms with Gasteiger partial charge in [0.2, 0.25) is 29.5 Å². The minimum absolute atomic E-state index is 0.428. The second-order valence-corrected chi connectivity index (χ2v) is 6.40. The van der Waals surface area contributed by atoms with E-state index in [1.54, 1.807) is 0 Å². The number of aliphatic carboxylic acids is 1. The Kier molecular flexibility index (Phi) is 12.4. The molecular formula is C16H28N6O9. The lowest BCUT2D eigenvalue weighted by molar-refractivity contribution is -0.142. The number of carbonyl (C=O) groups excluding carboxylic acids is 5. The van der Waals surface area contributed by atoms with Gasteiger partial charge in [-0.25, -0.2) is 4.79 Å². The van der Waals surface area contributed by atoms with Crippen molar-refractivity contribution in [1.82, 2.24) is 26.6 Å². The predicted molar refractivity (Wildman–Crippen MR) is 103 cm³/mol. The molecule has 0 radical (unpaired) electrons. The molecule has 0 saturated carbocycles. The van der Waals surface area contributed by atoms with E-state index in [1.807, 2.05) is 5.32 Å². The van der Waals surface area contributed by atoms with Gasteiger partial charge in [-0.15, -0.1) is 0 Å². The molecule has 15 nitrogen and oxygen atoms in total. The highest BCUT2D eigenvalue weighted by atomic mass is 16.4. The van der Waals surface area contributed by atoms with Gasteiger partial charge in [-0.2, -0.15) is 0 Å². The number of aliphatic hydroxyl groups excluding tert-OH is 2. The van der Waals surface area contributed by atoms with Crippen LogP contribution in [0.25, 0.3) is 0 Å². The molecule has 0 aliphatic carbocycles. The molecule has 0 aliphatic heterocycles. The molecule has 0 aliphatic rings.